The topological polar surface area (TPSA) is 185 Å². The number of halogens is 2. The maximum Gasteiger partial charge on any atom is 0.373 e. The molecule has 4 aromatic rings. The van der Waals surface area contributed by atoms with Crippen molar-refractivity contribution in [2.45, 2.75) is 123 Å². The highest BCUT2D eigenvalue weighted by molar-refractivity contribution is 6.31. The molecule has 0 spiro atoms. The smallest absolute Gasteiger partial charge is 0.341 e. The van der Waals surface area contributed by atoms with Gasteiger partial charge in [0.05, 0.1) is 23.5 Å². The number of piperidine rings is 2. The molecule has 4 amide bonds. The van der Waals surface area contributed by atoms with Crippen LogP contribution in [0.1, 0.15) is 144 Å². The SMILES string of the molecule is CCCCCC1CN(CC(=O)N2CCC(CC)CC2)C(=O)c2cc(-c3ccc(Cl)cc3)nn21.CCCCCC1CN(CC(=O)N2CCCCC2)C(=O)c2cc(-c3ccc(Cl)cc3)nn21.O=C=O.O=C=O. The van der Waals surface area contributed by atoms with Crippen molar-refractivity contribution in [3.63, 3.8) is 0 Å². The number of hydrogen-bond acceptors (Lipinski definition) is 10. The van der Waals surface area contributed by atoms with E-state index in [4.69, 9.17) is 52.6 Å². The van der Waals surface area contributed by atoms with E-state index in [1.807, 2.05) is 79.8 Å². The third kappa shape index (κ3) is 15.0. The van der Waals surface area contributed by atoms with Crippen LogP contribution in [-0.4, -0.2) is 127 Å². The third-order valence-electron chi connectivity index (χ3n) is 13.5. The summed E-state index contributed by atoms with van der Waals surface area (Å²) in [6, 6.07) is 18.9. The van der Waals surface area contributed by atoms with Gasteiger partial charge in [-0.1, -0.05) is 113 Å². The molecule has 0 saturated carbocycles. The van der Waals surface area contributed by atoms with E-state index in [1.165, 1.54) is 12.8 Å². The highest BCUT2D eigenvalue weighted by atomic mass is 35.5. The van der Waals surface area contributed by atoms with Crippen molar-refractivity contribution < 1.29 is 38.4 Å². The number of rotatable bonds is 15. The summed E-state index contributed by atoms with van der Waals surface area (Å²) in [5, 5.41) is 10.9. The van der Waals surface area contributed by atoms with E-state index in [0.717, 1.165) is 126 Å². The molecular weight excluding hydrogens is 936 g/mol. The van der Waals surface area contributed by atoms with Crippen molar-refractivity contribution in [2.75, 3.05) is 52.4 Å². The van der Waals surface area contributed by atoms with Gasteiger partial charge in [0.2, 0.25) is 11.8 Å². The van der Waals surface area contributed by atoms with Gasteiger partial charge in [-0.2, -0.15) is 29.4 Å². The zero-order valence-electron chi connectivity index (χ0n) is 40.7. The van der Waals surface area contributed by atoms with Crippen molar-refractivity contribution in [1.29, 1.82) is 0 Å². The number of unbranched alkanes of at least 4 members (excludes halogenated alkanes) is 4. The maximum absolute atomic E-state index is 13.4. The molecule has 70 heavy (non-hydrogen) atoms. The molecule has 2 saturated heterocycles. The third-order valence-corrected chi connectivity index (χ3v) is 14.0. The Labute approximate surface area is 420 Å². The summed E-state index contributed by atoms with van der Waals surface area (Å²) < 4.78 is 3.79. The van der Waals surface area contributed by atoms with Crippen LogP contribution in [0.3, 0.4) is 0 Å². The van der Waals surface area contributed by atoms with Gasteiger partial charge in [0.15, 0.2) is 0 Å². The van der Waals surface area contributed by atoms with Crippen LogP contribution in [-0.2, 0) is 28.8 Å². The van der Waals surface area contributed by atoms with E-state index >= 15 is 0 Å². The predicted octanol–water partition coefficient (Wildman–Crippen LogP) is 9.06. The molecule has 376 valence electrons. The maximum atomic E-state index is 13.4. The first kappa shape index (κ1) is 55.0. The van der Waals surface area contributed by atoms with Gasteiger partial charge >= 0.3 is 12.3 Å². The van der Waals surface area contributed by atoms with Crippen LogP contribution in [0.15, 0.2) is 60.7 Å². The quantitative estimate of drug-likeness (QED) is 0.104. The molecule has 8 rings (SSSR count). The van der Waals surface area contributed by atoms with Gasteiger partial charge in [-0.25, -0.2) is 0 Å². The summed E-state index contributed by atoms with van der Waals surface area (Å²) in [4.78, 5) is 92.4. The summed E-state index contributed by atoms with van der Waals surface area (Å²) in [5.41, 5.74) is 4.55. The molecule has 4 aliphatic heterocycles. The second kappa shape index (κ2) is 28.1. The predicted molar refractivity (Wildman–Crippen MR) is 264 cm³/mol. The first-order valence-electron chi connectivity index (χ1n) is 24.7. The van der Waals surface area contributed by atoms with E-state index in [9.17, 15) is 19.2 Å². The molecule has 2 fully saturated rings. The van der Waals surface area contributed by atoms with E-state index in [2.05, 4.69) is 20.8 Å². The number of hydrogen-bond donors (Lipinski definition) is 0. The van der Waals surface area contributed by atoms with Crippen LogP contribution in [0, 0.1) is 5.92 Å². The number of fused-ring (bicyclic) bond motifs is 2. The molecule has 0 radical (unpaired) electrons. The average Bonchev–Trinajstić information content (AvgIpc) is 4.03. The fraction of sp³-hybridized carbons (Fsp3) is 0.538. The molecular formula is C52H66Cl2N8O8. The lowest BCUT2D eigenvalue weighted by molar-refractivity contribution is -0.193. The molecule has 2 aromatic heterocycles. The highest BCUT2D eigenvalue weighted by Crippen LogP contribution is 2.32. The molecule has 0 N–H and O–H groups in total. The zero-order valence-corrected chi connectivity index (χ0v) is 42.2. The summed E-state index contributed by atoms with van der Waals surface area (Å²) in [6.45, 7) is 11.2. The number of benzene rings is 2. The standard InChI is InChI=1S/C26H35ClN4O2.C24H31ClN4O2.2CO2/c1-3-5-6-7-22-17-30(18-25(32)29-14-12-19(4-2)13-15-29)26(33)24-16-23(28-31(22)24)20-8-10-21(27)11-9-20;1-2-3-5-8-20-16-28(17-23(30)27-13-6-4-7-14-27)24(31)22-15-21(26-29(20)22)18-9-11-19(25)12-10-18;2*2-1-3/h8-11,16,19,22H,3-7,12-15,17-18H2,1-2H3;9-12,15,20H,2-8,13-14,16-17H2,1H3;;. The number of nitrogens with zero attached hydrogens (tertiary/aromatic N) is 8. The van der Waals surface area contributed by atoms with Gasteiger partial charge in [0, 0.05) is 60.4 Å². The van der Waals surface area contributed by atoms with Crippen LogP contribution in [0.5, 0.6) is 0 Å². The number of amides is 4. The van der Waals surface area contributed by atoms with Gasteiger partial charge in [0.1, 0.15) is 24.5 Å². The molecule has 0 bridgehead atoms. The van der Waals surface area contributed by atoms with Gasteiger partial charge in [-0.05, 0) is 87.3 Å². The van der Waals surface area contributed by atoms with Crippen LogP contribution in [0.2, 0.25) is 10.0 Å². The van der Waals surface area contributed by atoms with Crippen LogP contribution >= 0.6 is 23.2 Å². The number of carbonyl (C=O) groups is 4. The molecule has 0 aliphatic carbocycles. The minimum absolute atomic E-state index is 0.0613. The number of carbonyl (C=O) groups excluding carboxylic acids is 8. The van der Waals surface area contributed by atoms with E-state index in [-0.39, 0.29) is 61.1 Å². The van der Waals surface area contributed by atoms with Crippen molar-refractivity contribution >= 4 is 59.1 Å². The normalized spacial score (nSPS) is 17.6. The van der Waals surface area contributed by atoms with E-state index in [0.29, 0.717) is 40.4 Å². The lowest BCUT2D eigenvalue weighted by atomic mass is 9.94. The van der Waals surface area contributed by atoms with Gasteiger partial charge in [0.25, 0.3) is 11.8 Å². The van der Waals surface area contributed by atoms with Gasteiger partial charge in [-0.15, -0.1) is 0 Å². The van der Waals surface area contributed by atoms with E-state index in [1.54, 1.807) is 9.80 Å². The fourth-order valence-corrected chi connectivity index (χ4v) is 9.81. The summed E-state index contributed by atoms with van der Waals surface area (Å²) in [6.07, 6.45) is 15.7. The van der Waals surface area contributed by atoms with Crippen molar-refractivity contribution in [2.24, 2.45) is 5.92 Å². The Bertz CT molecular complexity index is 2380. The molecule has 2 atom stereocenters. The Morgan fingerprint density at radius 2 is 0.971 bits per heavy atom. The molecule has 18 heteroatoms. The fourth-order valence-electron chi connectivity index (χ4n) is 9.56. The first-order valence-corrected chi connectivity index (χ1v) is 25.5. The molecule has 16 nitrogen and oxygen atoms in total. The Hall–Kier alpha value is -5.92. The molecule has 2 aromatic carbocycles. The lowest BCUT2D eigenvalue weighted by Gasteiger charge is -2.36. The van der Waals surface area contributed by atoms with Crippen LogP contribution in [0.4, 0.5) is 0 Å². The molecule has 2 unspecified atom stereocenters. The highest BCUT2D eigenvalue weighted by Gasteiger charge is 2.37. The second-order valence-electron chi connectivity index (χ2n) is 18.2. The second-order valence-corrected chi connectivity index (χ2v) is 19.1. The zero-order chi connectivity index (χ0) is 50.6. The monoisotopic (exact) mass is 1000 g/mol. The Balaban J connectivity index is 0.000000235. The Morgan fingerprint density at radius 1 is 0.586 bits per heavy atom. The summed E-state index contributed by atoms with van der Waals surface area (Å²) in [5.74, 6) is 0.632. The van der Waals surface area contributed by atoms with Crippen molar-refractivity contribution in [1.82, 2.24) is 39.2 Å². The minimum Gasteiger partial charge on any atom is -0.341 e. The van der Waals surface area contributed by atoms with Crippen LogP contribution in [0.25, 0.3) is 22.5 Å². The van der Waals surface area contributed by atoms with Gasteiger partial charge in [-0.3, -0.25) is 28.5 Å². The minimum atomic E-state index is -0.107. The lowest BCUT2D eigenvalue weighted by Crippen LogP contribution is -2.49. The van der Waals surface area contributed by atoms with Crippen molar-refractivity contribution in [3.8, 4) is 22.5 Å². The summed E-state index contributed by atoms with van der Waals surface area (Å²) >= 11 is 12.1. The van der Waals surface area contributed by atoms with E-state index < -0.39 is 0 Å². The van der Waals surface area contributed by atoms with Gasteiger partial charge < -0.3 is 19.6 Å². The first-order chi connectivity index (χ1) is 33.9. The molecule has 6 heterocycles. The summed E-state index contributed by atoms with van der Waals surface area (Å²) in [7, 11) is 0. The average molecular weight is 1000 g/mol. The van der Waals surface area contributed by atoms with Crippen molar-refractivity contribution in [3.05, 3.63) is 82.1 Å². The largest absolute Gasteiger partial charge is 0.373 e. The van der Waals surface area contributed by atoms with Crippen LogP contribution < -0.4 is 0 Å². The molecule has 4 aliphatic rings. The Morgan fingerprint density at radius 3 is 1.34 bits per heavy atom. The number of aromatic nitrogens is 4. The number of likely N-dealkylation sites (tertiary alicyclic amines) is 2. The Kier molecular flexibility index (Phi) is 22.1.